The van der Waals surface area contributed by atoms with E-state index in [2.05, 4.69) is 4.98 Å². The van der Waals surface area contributed by atoms with Crippen LogP contribution < -0.4 is 5.32 Å². The Hall–Kier alpha value is -1.89. The summed E-state index contributed by atoms with van der Waals surface area (Å²) in [6, 6.07) is 3.11. The summed E-state index contributed by atoms with van der Waals surface area (Å²) in [4.78, 5) is 2.39. The van der Waals surface area contributed by atoms with Gasteiger partial charge in [0.25, 0.3) is 11.9 Å². The van der Waals surface area contributed by atoms with Crippen molar-refractivity contribution in [2.75, 3.05) is 5.32 Å². The monoisotopic (exact) mass is 294 g/mol. The maximum atomic E-state index is 13.3. The number of halogens is 6. The standard InChI is InChI=1S/C11H4ClF5N2/c12-5-2-1-4(3-6(5)13)18-9-7(14)10(16)19-11(17)8(9)15/h1-3H,(H,18,19). The molecule has 0 atom stereocenters. The number of hydrogen-bond acceptors (Lipinski definition) is 2. The fourth-order valence-electron chi connectivity index (χ4n) is 1.31. The predicted octanol–water partition coefficient (Wildman–Crippen LogP) is 4.17. The molecule has 2 aromatic rings. The smallest absolute Gasteiger partial charge is 0.253 e. The van der Waals surface area contributed by atoms with Crippen molar-refractivity contribution in [1.82, 2.24) is 4.98 Å². The van der Waals surface area contributed by atoms with Crippen molar-refractivity contribution in [3.8, 4) is 0 Å². The van der Waals surface area contributed by atoms with Gasteiger partial charge in [-0.05, 0) is 18.2 Å². The third-order valence-electron chi connectivity index (χ3n) is 2.19. The van der Waals surface area contributed by atoms with E-state index >= 15 is 0 Å². The van der Waals surface area contributed by atoms with E-state index in [4.69, 9.17) is 11.6 Å². The van der Waals surface area contributed by atoms with Crippen molar-refractivity contribution < 1.29 is 22.0 Å². The van der Waals surface area contributed by atoms with Crippen LogP contribution in [0, 0.1) is 29.3 Å². The molecule has 1 aromatic heterocycles. The van der Waals surface area contributed by atoms with Crippen LogP contribution in [0.25, 0.3) is 0 Å². The highest BCUT2D eigenvalue weighted by atomic mass is 35.5. The number of aromatic nitrogens is 1. The molecule has 0 aliphatic carbocycles. The van der Waals surface area contributed by atoms with Gasteiger partial charge in [0, 0.05) is 5.69 Å². The highest BCUT2D eigenvalue weighted by Crippen LogP contribution is 2.27. The quantitative estimate of drug-likeness (QED) is 0.664. The molecule has 19 heavy (non-hydrogen) atoms. The van der Waals surface area contributed by atoms with Crippen LogP contribution in [0.1, 0.15) is 0 Å². The summed E-state index contributed by atoms with van der Waals surface area (Å²) in [5.41, 5.74) is -1.24. The fourth-order valence-corrected chi connectivity index (χ4v) is 1.43. The number of nitrogens with one attached hydrogen (secondary N) is 1. The molecule has 8 heteroatoms. The molecule has 0 fully saturated rings. The Balaban J connectivity index is 2.46. The summed E-state index contributed by atoms with van der Waals surface area (Å²) in [5.74, 6) is -7.90. The van der Waals surface area contributed by atoms with Gasteiger partial charge >= 0.3 is 0 Å². The number of benzene rings is 1. The average molecular weight is 295 g/mol. The minimum absolute atomic E-state index is 0.135. The number of nitrogens with zero attached hydrogens (tertiary/aromatic N) is 1. The molecule has 0 aliphatic rings. The lowest BCUT2D eigenvalue weighted by Crippen LogP contribution is -2.06. The molecule has 0 aliphatic heterocycles. The highest BCUT2D eigenvalue weighted by Gasteiger charge is 2.21. The van der Waals surface area contributed by atoms with Gasteiger partial charge in [0.05, 0.1) is 5.02 Å². The van der Waals surface area contributed by atoms with Gasteiger partial charge in [0.15, 0.2) is 0 Å². The first kappa shape index (κ1) is 13.5. The van der Waals surface area contributed by atoms with Gasteiger partial charge in [-0.15, -0.1) is 0 Å². The average Bonchev–Trinajstić information content (AvgIpc) is 2.36. The third kappa shape index (κ3) is 2.60. The van der Waals surface area contributed by atoms with Gasteiger partial charge < -0.3 is 5.32 Å². The molecule has 1 aromatic carbocycles. The van der Waals surface area contributed by atoms with Crippen LogP contribution in [0.2, 0.25) is 5.02 Å². The van der Waals surface area contributed by atoms with Crippen molar-refractivity contribution >= 4 is 23.0 Å². The van der Waals surface area contributed by atoms with Crippen LogP contribution in [-0.2, 0) is 0 Å². The van der Waals surface area contributed by atoms with E-state index in [9.17, 15) is 22.0 Å². The Morgan fingerprint density at radius 1 is 0.947 bits per heavy atom. The number of pyridine rings is 1. The molecule has 2 nitrogen and oxygen atoms in total. The van der Waals surface area contributed by atoms with Gasteiger partial charge in [-0.3, -0.25) is 0 Å². The van der Waals surface area contributed by atoms with Gasteiger partial charge in [-0.25, -0.2) is 4.39 Å². The lowest BCUT2D eigenvalue weighted by molar-refractivity contribution is 0.411. The van der Waals surface area contributed by atoms with Gasteiger partial charge in [-0.1, -0.05) is 11.6 Å². The zero-order chi connectivity index (χ0) is 14.2. The van der Waals surface area contributed by atoms with Crippen LogP contribution >= 0.6 is 11.6 Å². The Morgan fingerprint density at radius 3 is 2.05 bits per heavy atom. The zero-order valence-corrected chi connectivity index (χ0v) is 9.70. The van der Waals surface area contributed by atoms with E-state index in [0.29, 0.717) is 0 Å². The number of hydrogen-bond donors (Lipinski definition) is 1. The molecular formula is C11H4ClF5N2. The van der Waals surface area contributed by atoms with Crippen LogP contribution in [0.3, 0.4) is 0 Å². The molecule has 0 saturated carbocycles. The lowest BCUT2D eigenvalue weighted by atomic mass is 10.2. The summed E-state index contributed by atoms with van der Waals surface area (Å²) < 4.78 is 65.4. The second-order valence-corrected chi connectivity index (χ2v) is 3.86. The van der Waals surface area contributed by atoms with Crippen molar-refractivity contribution in [2.24, 2.45) is 0 Å². The molecule has 0 spiro atoms. The lowest BCUT2D eigenvalue weighted by Gasteiger charge is -2.09. The van der Waals surface area contributed by atoms with Gasteiger partial charge in [-0.2, -0.15) is 22.5 Å². The summed E-state index contributed by atoms with van der Waals surface area (Å²) in [7, 11) is 0. The SMILES string of the molecule is Fc1cc(Nc2c(F)c(F)nc(F)c2F)ccc1Cl. The minimum atomic E-state index is -1.81. The Bertz CT molecular complexity index is 621. The van der Waals surface area contributed by atoms with Crippen molar-refractivity contribution in [3.63, 3.8) is 0 Å². The van der Waals surface area contributed by atoms with Crippen LogP contribution in [0.15, 0.2) is 18.2 Å². The first-order valence-corrected chi connectivity index (χ1v) is 5.20. The van der Waals surface area contributed by atoms with Crippen molar-refractivity contribution in [3.05, 3.63) is 52.6 Å². The Morgan fingerprint density at radius 2 is 1.53 bits per heavy atom. The van der Waals surface area contributed by atoms with E-state index in [1.165, 1.54) is 6.07 Å². The molecule has 2 rings (SSSR count). The second kappa shape index (κ2) is 5.00. The summed E-state index contributed by atoms with van der Waals surface area (Å²) in [6.45, 7) is 0. The maximum Gasteiger partial charge on any atom is 0.253 e. The third-order valence-corrected chi connectivity index (χ3v) is 2.49. The molecule has 0 unspecified atom stereocenters. The number of anilines is 2. The van der Waals surface area contributed by atoms with E-state index < -0.39 is 35.0 Å². The van der Waals surface area contributed by atoms with Crippen LogP contribution in [0.5, 0.6) is 0 Å². The number of rotatable bonds is 2. The predicted molar refractivity (Wildman–Crippen MR) is 58.8 cm³/mol. The molecule has 0 bridgehead atoms. The highest BCUT2D eigenvalue weighted by molar-refractivity contribution is 6.30. The normalized spacial score (nSPS) is 10.6. The minimum Gasteiger partial charge on any atom is -0.350 e. The fraction of sp³-hybridized carbons (Fsp3) is 0. The molecule has 0 amide bonds. The maximum absolute atomic E-state index is 13.3. The Kier molecular flexibility index (Phi) is 3.57. The van der Waals surface area contributed by atoms with Gasteiger partial charge in [0.2, 0.25) is 11.6 Å². The molecular weight excluding hydrogens is 291 g/mol. The summed E-state index contributed by atoms with van der Waals surface area (Å²) in [5, 5.41) is 1.81. The van der Waals surface area contributed by atoms with E-state index in [1.807, 2.05) is 5.32 Å². The Labute approximate surface area is 108 Å². The van der Waals surface area contributed by atoms with Crippen LogP contribution in [0.4, 0.5) is 33.3 Å². The van der Waals surface area contributed by atoms with E-state index in [-0.39, 0.29) is 10.7 Å². The summed E-state index contributed by atoms with van der Waals surface area (Å²) >= 11 is 5.42. The second-order valence-electron chi connectivity index (χ2n) is 3.45. The molecule has 1 heterocycles. The first-order valence-electron chi connectivity index (χ1n) is 4.82. The van der Waals surface area contributed by atoms with Gasteiger partial charge in [0.1, 0.15) is 11.5 Å². The van der Waals surface area contributed by atoms with E-state index in [0.717, 1.165) is 12.1 Å². The summed E-state index contributed by atoms with van der Waals surface area (Å²) in [6.07, 6.45) is 0. The van der Waals surface area contributed by atoms with Crippen molar-refractivity contribution in [1.29, 1.82) is 0 Å². The first-order chi connectivity index (χ1) is 8.90. The molecule has 0 saturated heterocycles. The molecule has 100 valence electrons. The van der Waals surface area contributed by atoms with Crippen molar-refractivity contribution in [2.45, 2.75) is 0 Å². The molecule has 1 N–H and O–H groups in total. The largest absolute Gasteiger partial charge is 0.350 e. The van der Waals surface area contributed by atoms with E-state index in [1.54, 1.807) is 0 Å². The molecule has 0 radical (unpaired) electrons. The van der Waals surface area contributed by atoms with Crippen LogP contribution in [-0.4, -0.2) is 4.98 Å². The zero-order valence-electron chi connectivity index (χ0n) is 8.95. The topological polar surface area (TPSA) is 24.9 Å².